The summed E-state index contributed by atoms with van der Waals surface area (Å²) >= 11 is 0. The van der Waals surface area contributed by atoms with Gasteiger partial charge in [0.2, 0.25) is 0 Å². The third-order valence-corrected chi connectivity index (χ3v) is 5.56. The second-order valence-electron chi connectivity index (χ2n) is 8.68. The van der Waals surface area contributed by atoms with Crippen LogP contribution < -0.4 is 14.8 Å². The van der Waals surface area contributed by atoms with Gasteiger partial charge in [0, 0.05) is 19.3 Å². The number of nitrogens with one attached hydrogen (secondary N) is 1. The first-order valence-corrected chi connectivity index (χ1v) is 12.2. The highest BCUT2D eigenvalue weighted by atomic mass is 16.7. The summed E-state index contributed by atoms with van der Waals surface area (Å²) in [5, 5.41) is 3.09. The maximum Gasteiger partial charge on any atom is 0.256 e. The molecule has 6 heteroatoms. The molecule has 0 aliphatic rings. The fraction of sp³-hybridized carbons (Fsp3) is 0.300. The second kappa shape index (κ2) is 14.1. The Bertz CT molecular complexity index is 1110. The normalized spacial score (nSPS) is 11.7. The summed E-state index contributed by atoms with van der Waals surface area (Å²) in [5.74, 6) is 1.30. The molecule has 0 radical (unpaired) electrons. The summed E-state index contributed by atoms with van der Waals surface area (Å²) in [6, 6.07) is 25.1. The number of carbonyl (C=O) groups is 1. The molecule has 0 saturated heterocycles. The zero-order chi connectivity index (χ0) is 25.8. The molecule has 0 fully saturated rings. The van der Waals surface area contributed by atoms with Gasteiger partial charge in [0.1, 0.15) is 18.1 Å². The largest absolute Gasteiger partial charge is 0.492 e. The van der Waals surface area contributed by atoms with E-state index >= 15 is 0 Å². The van der Waals surface area contributed by atoms with Gasteiger partial charge in [0.25, 0.3) is 5.91 Å². The number of hydrogen-bond donors (Lipinski definition) is 1. The van der Waals surface area contributed by atoms with Crippen molar-refractivity contribution >= 4 is 22.7 Å². The Morgan fingerprint density at radius 3 is 2.08 bits per heavy atom. The number of allylic oxidation sites excluding steroid dienone is 1. The SMILES string of the molecule is CCC/C(=C(\C(=O)Nc1ccc(OCCN(C)C)cc1)c1ccc(OCOC)cc1)c1ccccc1. The molecule has 0 spiro atoms. The average molecular weight is 489 g/mol. The second-order valence-corrected chi connectivity index (χ2v) is 8.68. The number of benzene rings is 3. The lowest BCUT2D eigenvalue weighted by Gasteiger charge is -2.17. The molecule has 0 saturated carbocycles. The first-order chi connectivity index (χ1) is 17.5. The Kier molecular flexibility index (Phi) is 10.5. The average Bonchev–Trinajstić information content (AvgIpc) is 2.89. The lowest BCUT2D eigenvalue weighted by Crippen LogP contribution is -2.19. The summed E-state index contributed by atoms with van der Waals surface area (Å²) in [5.41, 5.74) is 4.22. The van der Waals surface area contributed by atoms with Crippen LogP contribution in [0.3, 0.4) is 0 Å². The molecule has 3 rings (SSSR count). The summed E-state index contributed by atoms with van der Waals surface area (Å²) in [7, 11) is 5.60. The van der Waals surface area contributed by atoms with E-state index in [1.54, 1.807) is 7.11 Å². The lowest BCUT2D eigenvalue weighted by atomic mass is 9.91. The highest BCUT2D eigenvalue weighted by molar-refractivity contribution is 6.31. The third kappa shape index (κ3) is 7.97. The van der Waals surface area contributed by atoms with Gasteiger partial charge in [-0.05, 0) is 73.6 Å². The fourth-order valence-electron chi connectivity index (χ4n) is 3.76. The maximum atomic E-state index is 13.7. The van der Waals surface area contributed by atoms with Crippen LogP contribution in [0.15, 0.2) is 78.9 Å². The van der Waals surface area contributed by atoms with E-state index in [2.05, 4.69) is 17.1 Å². The maximum absolute atomic E-state index is 13.7. The molecule has 0 unspecified atom stereocenters. The predicted octanol–water partition coefficient (Wildman–Crippen LogP) is 5.96. The van der Waals surface area contributed by atoms with E-state index in [1.807, 2.05) is 93.0 Å². The lowest BCUT2D eigenvalue weighted by molar-refractivity contribution is -0.111. The van der Waals surface area contributed by atoms with Crippen LogP contribution in [0.1, 0.15) is 30.9 Å². The van der Waals surface area contributed by atoms with Crippen molar-refractivity contribution in [1.29, 1.82) is 0 Å². The number of ether oxygens (including phenoxy) is 3. The van der Waals surface area contributed by atoms with E-state index in [0.717, 1.165) is 41.8 Å². The van der Waals surface area contributed by atoms with Crippen LogP contribution in [0.5, 0.6) is 11.5 Å². The van der Waals surface area contributed by atoms with Crippen LogP contribution in [0.4, 0.5) is 5.69 Å². The standard InChI is InChI=1S/C30H36N2O4/c1-5-9-28(23-10-7-6-8-11-23)29(24-12-16-27(17-13-24)36-22-34-4)30(33)31-25-14-18-26(19-15-25)35-21-20-32(2)3/h6-8,10-19H,5,9,20-22H2,1-4H3,(H,31,33)/b29-28+. The van der Waals surface area contributed by atoms with E-state index in [-0.39, 0.29) is 12.7 Å². The number of carbonyl (C=O) groups excluding carboxylic acids is 1. The minimum absolute atomic E-state index is 0.158. The molecule has 6 nitrogen and oxygen atoms in total. The minimum atomic E-state index is -0.158. The molecule has 0 aromatic heterocycles. The number of rotatable bonds is 13. The smallest absolute Gasteiger partial charge is 0.256 e. The van der Waals surface area contributed by atoms with Gasteiger partial charge >= 0.3 is 0 Å². The third-order valence-electron chi connectivity index (χ3n) is 5.56. The van der Waals surface area contributed by atoms with E-state index in [9.17, 15) is 4.79 Å². The number of likely N-dealkylation sites (N-methyl/N-ethyl adjacent to an activating group) is 1. The number of hydrogen-bond acceptors (Lipinski definition) is 5. The van der Waals surface area contributed by atoms with E-state index in [1.165, 1.54) is 0 Å². The van der Waals surface area contributed by atoms with Crippen molar-refractivity contribution in [1.82, 2.24) is 4.90 Å². The molecule has 3 aromatic carbocycles. The van der Waals surface area contributed by atoms with Crippen LogP contribution in [0, 0.1) is 0 Å². The first kappa shape index (κ1) is 27.0. The van der Waals surface area contributed by atoms with Gasteiger partial charge in [-0.1, -0.05) is 55.8 Å². The highest BCUT2D eigenvalue weighted by Crippen LogP contribution is 2.32. The molecule has 0 bridgehead atoms. The Balaban J connectivity index is 1.91. The monoisotopic (exact) mass is 488 g/mol. The molecular weight excluding hydrogens is 452 g/mol. The van der Waals surface area contributed by atoms with Gasteiger partial charge in [-0.3, -0.25) is 4.79 Å². The van der Waals surface area contributed by atoms with E-state index < -0.39 is 0 Å². The van der Waals surface area contributed by atoms with Crippen molar-refractivity contribution in [3.63, 3.8) is 0 Å². The topological polar surface area (TPSA) is 60.0 Å². The van der Waals surface area contributed by atoms with Crippen molar-refractivity contribution in [3.8, 4) is 11.5 Å². The molecule has 0 aliphatic heterocycles. The quantitative estimate of drug-likeness (QED) is 0.183. The van der Waals surface area contributed by atoms with E-state index in [0.29, 0.717) is 23.6 Å². The molecule has 190 valence electrons. The van der Waals surface area contributed by atoms with Gasteiger partial charge in [-0.25, -0.2) is 0 Å². The number of methoxy groups -OCH3 is 1. The molecule has 1 N–H and O–H groups in total. The van der Waals surface area contributed by atoms with Crippen molar-refractivity contribution in [2.75, 3.05) is 46.5 Å². The molecule has 0 aliphatic carbocycles. The Labute approximate surface area is 214 Å². The Hall–Kier alpha value is -3.61. The Morgan fingerprint density at radius 2 is 1.47 bits per heavy atom. The van der Waals surface area contributed by atoms with Crippen LogP contribution in [-0.4, -0.2) is 52.0 Å². The van der Waals surface area contributed by atoms with Gasteiger partial charge in [-0.2, -0.15) is 0 Å². The summed E-state index contributed by atoms with van der Waals surface area (Å²) in [6.07, 6.45) is 1.68. The zero-order valence-corrected chi connectivity index (χ0v) is 21.6. The number of anilines is 1. The van der Waals surface area contributed by atoms with Crippen molar-refractivity contribution < 1.29 is 19.0 Å². The van der Waals surface area contributed by atoms with Gasteiger partial charge in [0.15, 0.2) is 6.79 Å². The molecule has 0 heterocycles. The fourth-order valence-corrected chi connectivity index (χ4v) is 3.76. The molecular formula is C30H36N2O4. The molecule has 1 amide bonds. The molecule has 0 atom stereocenters. The minimum Gasteiger partial charge on any atom is -0.492 e. The van der Waals surface area contributed by atoms with Crippen LogP contribution >= 0.6 is 0 Å². The summed E-state index contributed by atoms with van der Waals surface area (Å²) in [6.45, 7) is 3.73. The highest BCUT2D eigenvalue weighted by Gasteiger charge is 2.19. The molecule has 3 aromatic rings. The molecule has 36 heavy (non-hydrogen) atoms. The van der Waals surface area contributed by atoms with Gasteiger partial charge < -0.3 is 24.4 Å². The summed E-state index contributed by atoms with van der Waals surface area (Å²) < 4.78 is 16.3. The van der Waals surface area contributed by atoms with Crippen molar-refractivity contribution in [3.05, 3.63) is 90.0 Å². The van der Waals surface area contributed by atoms with Crippen molar-refractivity contribution in [2.45, 2.75) is 19.8 Å². The Morgan fingerprint density at radius 1 is 0.833 bits per heavy atom. The first-order valence-electron chi connectivity index (χ1n) is 12.2. The predicted molar refractivity (Wildman–Crippen MR) is 146 cm³/mol. The van der Waals surface area contributed by atoms with Crippen LogP contribution in [-0.2, 0) is 9.53 Å². The van der Waals surface area contributed by atoms with Gasteiger partial charge in [0.05, 0.1) is 5.57 Å². The van der Waals surface area contributed by atoms with Gasteiger partial charge in [-0.15, -0.1) is 0 Å². The van der Waals surface area contributed by atoms with Crippen LogP contribution in [0.25, 0.3) is 11.1 Å². The van der Waals surface area contributed by atoms with E-state index in [4.69, 9.17) is 14.2 Å². The van der Waals surface area contributed by atoms with Crippen molar-refractivity contribution in [2.24, 2.45) is 0 Å². The number of nitrogens with zero attached hydrogens (tertiary/aromatic N) is 1. The zero-order valence-electron chi connectivity index (χ0n) is 21.6. The van der Waals surface area contributed by atoms with Crippen LogP contribution in [0.2, 0.25) is 0 Å². The summed E-state index contributed by atoms with van der Waals surface area (Å²) in [4.78, 5) is 15.8. The number of amides is 1.